The van der Waals surface area contributed by atoms with Gasteiger partial charge in [-0.15, -0.1) is 0 Å². The second kappa shape index (κ2) is 9.47. The minimum Gasteiger partial charge on any atom is -0.497 e. The number of benzene rings is 2. The third kappa shape index (κ3) is 4.59. The molecule has 1 aliphatic heterocycles. The van der Waals surface area contributed by atoms with Crippen molar-refractivity contribution in [2.45, 2.75) is 30.7 Å². The van der Waals surface area contributed by atoms with Gasteiger partial charge in [0.1, 0.15) is 23.7 Å². The summed E-state index contributed by atoms with van der Waals surface area (Å²) in [6, 6.07) is 16.0. The molecule has 1 heterocycles. The molecule has 0 spiro atoms. The van der Waals surface area contributed by atoms with Gasteiger partial charge in [0.05, 0.1) is 32.4 Å². The standard InChI is InChI=1S/C23H28N2O5/c1-28-17-8-5-9-18(14-17)30-20-15-19(24-23(27)16-6-3-2-4-7-16)21(22(20)26)25-10-12-29-13-11-25/h2-9,14,19-22,26H,10-13,15H2,1H3,(H,24,27)/t19-,20-,21+,22+/m1/s1. The summed E-state index contributed by atoms with van der Waals surface area (Å²) in [4.78, 5) is 15.0. The van der Waals surface area contributed by atoms with Crippen LogP contribution in [0.4, 0.5) is 0 Å². The zero-order chi connectivity index (χ0) is 20.9. The normalized spacial score (nSPS) is 26.9. The molecule has 4 rings (SSSR count). The van der Waals surface area contributed by atoms with Crippen molar-refractivity contribution in [1.82, 2.24) is 10.2 Å². The van der Waals surface area contributed by atoms with Crippen molar-refractivity contribution in [2.24, 2.45) is 0 Å². The minimum absolute atomic E-state index is 0.145. The second-order valence-electron chi connectivity index (χ2n) is 7.65. The van der Waals surface area contributed by atoms with E-state index in [-0.39, 0.29) is 18.0 Å². The molecule has 1 amide bonds. The molecule has 0 bridgehead atoms. The molecule has 1 aliphatic carbocycles. The first kappa shape index (κ1) is 20.7. The molecular weight excluding hydrogens is 384 g/mol. The van der Waals surface area contributed by atoms with Gasteiger partial charge >= 0.3 is 0 Å². The zero-order valence-electron chi connectivity index (χ0n) is 17.1. The number of ether oxygens (including phenoxy) is 3. The number of carbonyl (C=O) groups is 1. The molecule has 7 heteroatoms. The molecular formula is C23H28N2O5. The summed E-state index contributed by atoms with van der Waals surface area (Å²) in [7, 11) is 1.60. The topological polar surface area (TPSA) is 80.3 Å². The maximum atomic E-state index is 12.8. The lowest BCUT2D eigenvalue weighted by molar-refractivity contribution is -0.0350. The molecule has 1 saturated carbocycles. The van der Waals surface area contributed by atoms with Gasteiger partial charge in [-0.1, -0.05) is 24.3 Å². The summed E-state index contributed by atoms with van der Waals surface area (Å²) in [5.74, 6) is 1.18. The van der Waals surface area contributed by atoms with Crippen LogP contribution < -0.4 is 14.8 Å². The van der Waals surface area contributed by atoms with Gasteiger partial charge in [0.25, 0.3) is 5.91 Å². The number of aliphatic hydroxyl groups is 1. The monoisotopic (exact) mass is 412 g/mol. The van der Waals surface area contributed by atoms with E-state index in [9.17, 15) is 9.90 Å². The Balaban J connectivity index is 1.52. The van der Waals surface area contributed by atoms with E-state index in [1.807, 2.05) is 36.4 Å². The van der Waals surface area contributed by atoms with E-state index >= 15 is 0 Å². The molecule has 0 unspecified atom stereocenters. The smallest absolute Gasteiger partial charge is 0.251 e. The van der Waals surface area contributed by atoms with Crippen LogP contribution in [0.1, 0.15) is 16.8 Å². The van der Waals surface area contributed by atoms with Gasteiger partial charge in [0.2, 0.25) is 0 Å². The van der Waals surface area contributed by atoms with Crippen molar-refractivity contribution in [3.63, 3.8) is 0 Å². The molecule has 2 fully saturated rings. The molecule has 2 aromatic rings. The predicted molar refractivity (Wildman–Crippen MR) is 112 cm³/mol. The molecule has 2 N–H and O–H groups in total. The van der Waals surface area contributed by atoms with E-state index in [1.54, 1.807) is 25.3 Å². The Bertz CT molecular complexity index is 840. The Morgan fingerprint density at radius 2 is 1.83 bits per heavy atom. The van der Waals surface area contributed by atoms with Crippen LogP contribution in [0.25, 0.3) is 0 Å². The fourth-order valence-electron chi connectivity index (χ4n) is 4.29. The van der Waals surface area contributed by atoms with Crippen molar-refractivity contribution >= 4 is 5.91 Å². The van der Waals surface area contributed by atoms with E-state index in [0.717, 1.165) is 0 Å². The summed E-state index contributed by atoms with van der Waals surface area (Å²) < 4.78 is 16.9. The summed E-state index contributed by atoms with van der Waals surface area (Å²) in [5.41, 5.74) is 0.602. The Hall–Kier alpha value is -2.61. The maximum Gasteiger partial charge on any atom is 0.251 e. The van der Waals surface area contributed by atoms with E-state index in [4.69, 9.17) is 14.2 Å². The van der Waals surface area contributed by atoms with Gasteiger partial charge in [-0.3, -0.25) is 9.69 Å². The van der Waals surface area contributed by atoms with Gasteiger partial charge in [-0.2, -0.15) is 0 Å². The first-order valence-electron chi connectivity index (χ1n) is 10.3. The number of carbonyl (C=O) groups excluding carboxylic acids is 1. The van der Waals surface area contributed by atoms with Crippen LogP contribution in [0.2, 0.25) is 0 Å². The number of hydrogen-bond donors (Lipinski definition) is 2. The fraction of sp³-hybridized carbons (Fsp3) is 0.435. The summed E-state index contributed by atoms with van der Waals surface area (Å²) in [5, 5.41) is 14.3. The minimum atomic E-state index is -0.740. The average Bonchev–Trinajstić information content (AvgIpc) is 3.09. The van der Waals surface area contributed by atoms with Crippen LogP contribution in [0.5, 0.6) is 11.5 Å². The number of methoxy groups -OCH3 is 1. The molecule has 0 aromatic heterocycles. The Kier molecular flexibility index (Phi) is 6.52. The highest BCUT2D eigenvalue weighted by molar-refractivity contribution is 5.94. The van der Waals surface area contributed by atoms with Crippen molar-refractivity contribution in [1.29, 1.82) is 0 Å². The van der Waals surface area contributed by atoms with E-state index < -0.39 is 12.2 Å². The van der Waals surface area contributed by atoms with Gasteiger partial charge < -0.3 is 24.6 Å². The largest absolute Gasteiger partial charge is 0.497 e. The molecule has 0 radical (unpaired) electrons. The van der Waals surface area contributed by atoms with Crippen LogP contribution in [0.3, 0.4) is 0 Å². The quantitative estimate of drug-likeness (QED) is 0.752. The third-order valence-corrected chi connectivity index (χ3v) is 5.78. The highest BCUT2D eigenvalue weighted by Gasteiger charge is 2.47. The first-order chi connectivity index (χ1) is 14.7. The maximum absolute atomic E-state index is 12.8. The number of nitrogens with zero attached hydrogens (tertiary/aromatic N) is 1. The van der Waals surface area contributed by atoms with Crippen molar-refractivity contribution in [2.75, 3.05) is 33.4 Å². The van der Waals surface area contributed by atoms with Gasteiger partial charge in [-0.05, 0) is 24.3 Å². The SMILES string of the molecule is COc1cccc(O[C@@H]2C[C@@H](NC(=O)c3ccccc3)[C@H](N3CCOCC3)[C@H]2O)c1. The molecule has 2 aliphatic rings. The number of amides is 1. The third-order valence-electron chi connectivity index (χ3n) is 5.78. The molecule has 160 valence electrons. The van der Waals surface area contributed by atoms with Gasteiger partial charge in [0, 0.05) is 31.1 Å². The average molecular weight is 412 g/mol. The lowest BCUT2D eigenvalue weighted by Crippen LogP contribution is -2.56. The lowest BCUT2D eigenvalue weighted by Gasteiger charge is -2.37. The van der Waals surface area contributed by atoms with E-state index in [0.29, 0.717) is 49.8 Å². The first-order valence-corrected chi connectivity index (χ1v) is 10.3. The number of nitrogens with one attached hydrogen (secondary N) is 1. The van der Waals surface area contributed by atoms with Crippen molar-refractivity contribution in [3.05, 3.63) is 60.2 Å². The molecule has 1 saturated heterocycles. The van der Waals surface area contributed by atoms with Gasteiger partial charge in [0.15, 0.2) is 0 Å². The van der Waals surface area contributed by atoms with E-state index in [2.05, 4.69) is 10.2 Å². The van der Waals surface area contributed by atoms with Crippen LogP contribution in [0, 0.1) is 0 Å². The summed E-state index contributed by atoms with van der Waals surface area (Å²) >= 11 is 0. The van der Waals surface area contributed by atoms with Crippen molar-refractivity contribution < 1.29 is 24.1 Å². The second-order valence-corrected chi connectivity index (χ2v) is 7.65. The predicted octanol–water partition coefficient (Wildman–Crippen LogP) is 1.71. The van der Waals surface area contributed by atoms with Gasteiger partial charge in [-0.25, -0.2) is 0 Å². The zero-order valence-corrected chi connectivity index (χ0v) is 17.1. The lowest BCUT2D eigenvalue weighted by atomic mass is 10.1. The molecule has 7 nitrogen and oxygen atoms in total. The highest BCUT2D eigenvalue weighted by atomic mass is 16.5. The Morgan fingerprint density at radius 3 is 2.57 bits per heavy atom. The number of morpholine rings is 1. The Morgan fingerprint density at radius 1 is 1.10 bits per heavy atom. The van der Waals surface area contributed by atoms with Crippen LogP contribution in [-0.2, 0) is 4.74 Å². The van der Waals surface area contributed by atoms with Crippen molar-refractivity contribution in [3.8, 4) is 11.5 Å². The van der Waals surface area contributed by atoms with Crippen LogP contribution in [0.15, 0.2) is 54.6 Å². The summed E-state index contributed by atoms with van der Waals surface area (Å²) in [6.07, 6.45) is -0.666. The number of aliphatic hydroxyl groups excluding tert-OH is 1. The number of rotatable bonds is 6. The summed E-state index contributed by atoms with van der Waals surface area (Å²) in [6.45, 7) is 2.66. The molecule has 30 heavy (non-hydrogen) atoms. The fourth-order valence-corrected chi connectivity index (χ4v) is 4.29. The number of hydrogen-bond acceptors (Lipinski definition) is 6. The Labute approximate surface area is 176 Å². The molecule has 2 aromatic carbocycles. The van der Waals surface area contributed by atoms with Crippen LogP contribution in [-0.4, -0.2) is 73.6 Å². The van der Waals surface area contributed by atoms with E-state index in [1.165, 1.54) is 0 Å². The molecule has 4 atom stereocenters. The highest BCUT2D eigenvalue weighted by Crippen LogP contribution is 2.31. The van der Waals surface area contributed by atoms with Crippen LogP contribution >= 0.6 is 0 Å².